The molecule has 2 heterocycles. The van der Waals surface area contributed by atoms with Gasteiger partial charge in [-0.15, -0.1) is 0 Å². The Balaban J connectivity index is 1.87. The van der Waals surface area contributed by atoms with Gasteiger partial charge in [0.15, 0.2) is 0 Å². The molecule has 0 bridgehead atoms. The van der Waals surface area contributed by atoms with Gasteiger partial charge in [-0.1, -0.05) is 37.3 Å². The molecule has 2 aromatic heterocycles. The van der Waals surface area contributed by atoms with E-state index in [2.05, 4.69) is 45.4 Å². The Morgan fingerprint density at radius 1 is 1.14 bits per heavy atom. The van der Waals surface area contributed by atoms with Crippen LogP contribution in [0.25, 0.3) is 22.0 Å². The average Bonchev–Trinajstić information content (AvgIpc) is 2.75. The molecule has 6 nitrogen and oxygen atoms in total. The molecule has 4 rings (SSSR count). The first-order valence-electron chi connectivity index (χ1n) is 9.17. The van der Waals surface area contributed by atoms with Crippen molar-refractivity contribution in [3.8, 4) is 17.2 Å². The van der Waals surface area contributed by atoms with Crippen molar-refractivity contribution >= 4 is 22.5 Å². The predicted octanol–water partition coefficient (Wildman–Crippen LogP) is 4.22. The summed E-state index contributed by atoms with van der Waals surface area (Å²) in [7, 11) is 0. The van der Waals surface area contributed by atoms with E-state index >= 15 is 0 Å². The minimum atomic E-state index is -0.227. The second kappa shape index (κ2) is 7.12. The van der Waals surface area contributed by atoms with Crippen molar-refractivity contribution in [3.05, 3.63) is 66.7 Å². The number of hydrogen-bond acceptors (Lipinski definition) is 6. The van der Waals surface area contributed by atoms with Crippen LogP contribution in [0.15, 0.2) is 61.1 Å². The van der Waals surface area contributed by atoms with Gasteiger partial charge in [-0.25, -0.2) is 9.97 Å². The second-order valence-electron chi connectivity index (χ2n) is 6.85. The van der Waals surface area contributed by atoms with Gasteiger partial charge < -0.3 is 11.1 Å². The third-order valence-electron chi connectivity index (χ3n) is 5.14. The summed E-state index contributed by atoms with van der Waals surface area (Å²) < 4.78 is 0. The first kappa shape index (κ1) is 17.7. The van der Waals surface area contributed by atoms with Crippen LogP contribution in [-0.2, 0) is 0 Å². The van der Waals surface area contributed by atoms with Gasteiger partial charge in [-0.3, -0.25) is 4.98 Å². The Morgan fingerprint density at radius 3 is 2.64 bits per heavy atom. The van der Waals surface area contributed by atoms with Crippen LogP contribution in [0.2, 0.25) is 0 Å². The van der Waals surface area contributed by atoms with Crippen LogP contribution in [0.1, 0.15) is 25.3 Å². The van der Waals surface area contributed by atoms with E-state index in [0.29, 0.717) is 5.56 Å². The molecule has 0 saturated heterocycles. The summed E-state index contributed by atoms with van der Waals surface area (Å²) in [5.41, 5.74) is 9.32. The molecule has 1 atom stereocenters. The number of hydrogen-bond donors (Lipinski definition) is 2. The van der Waals surface area contributed by atoms with Gasteiger partial charge in [0.1, 0.15) is 6.07 Å². The number of fused-ring (bicyclic) bond motifs is 1. The number of nitrogens with zero attached hydrogens (tertiary/aromatic N) is 4. The molecule has 1 aromatic carbocycles. The van der Waals surface area contributed by atoms with E-state index in [1.807, 2.05) is 30.4 Å². The number of rotatable bonds is 4. The summed E-state index contributed by atoms with van der Waals surface area (Å²) in [5, 5.41) is 14.2. The Hall–Kier alpha value is -3.72. The maximum Gasteiger partial charge on any atom is 0.219 e. The maximum atomic E-state index is 9.69. The summed E-state index contributed by atoms with van der Waals surface area (Å²) in [4.78, 5) is 12.6. The van der Waals surface area contributed by atoms with Crippen LogP contribution in [0.5, 0.6) is 0 Å². The van der Waals surface area contributed by atoms with E-state index in [-0.39, 0.29) is 11.5 Å². The Labute approximate surface area is 163 Å². The average molecular weight is 368 g/mol. The molecule has 0 amide bonds. The lowest BCUT2D eigenvalue weighted by molar-refractivity contribution is 0.558. The summed E-state index contributed by atoms with van der Waals surface area (Å²) >= 11 is 0. The molecule has 6 heteroatoms. The number of nitriles is 1. The Bertz CT molecular complexity index is 1120. The van der Waals surface area contributed by atoms with Gasteiger partial charge in [0, 0.05) is 29.5 Å². The molecule has 3 aromatic rings. The summed E-state index contributed by atoms with van der Waals surface area (Å²) in [6.45, 7) is 2.14. The molecule has 138 valence electrons. The zero-order valence-corrected chi connectivity index (χ0v) is 15.6. The lowest BCUT2D eigenvalue weighted by Crippen LogP contribution is -2.36. The number of anilines is 2. The van der Waals surface area contributed by atoms with Crippen LogP contribution in [0, 0.1) is 11.3 Å². The quantitative estimate of drug-likeness (QED) is 0.715. The first-order valence-corrected chi connectivity index (χ1v) is 9.17. The fourth-order valence-electron chi connectivity index (χ4n) is 3.44. The molecule has 0 fully saturated rings. The Morgan fingerprint density at radius 2 is 1.96 bits per heavy atom. The highest BCUT2D eigenvalue weighted by Crippen LogP contribution is 2.34. The van der Waals surface area contributed by atoms with Crippen LogP contribution < -0.4 is 11.1 Å². The normalized spacial score (nSPS) is 18.1. The van der Waals surface area contributed by atoms with Crippen LogP contribution >= 0.6 is 0 Å². The topological polar surface area (TPSA) is 101 Å². The zero-order valence-electron chi connectivity index (χ0n) is 15.6. The molecule has 1 aliphatic carbocycles. The number of nitrogens with one attached hydrogen (secondary N) is 1. The molecule has 0 radical (unpaired) electrons. The highest BCUT2D eigenvalue weighted by molar-refractivity contribution is 5.97. The van der Waals surface area contributed by atoms with Gasteiger partial charge >= 0.3 is 0 Å². The van der Waals surface area contributed by atoms with Crippen LogP contribution in [0.4, 0.5) is 11.6 Å². The number of nitrogens with two attached hydrogens (primary N) is 1. The van der Waals surface area contributed by atoms with Crippen molar-refractivity contribution in [2.24, 2.45) is 0 Å². The van der Waals surface area contributed by atoms with Gasteiger partial charge in [-0.05, 0) is 30.5 Å². The SMILES string of the molecule is CCC1(Nc2c(C#N)cnc3ccc(-c4cnc(N)nc4)cc23)C=CC=CC1. The second-order valence-corrected chi connectivity index (χ2v) is 6.85. The largest absolute Gasteiger partial charge is 0.374 e. The zero-order chi connectivity index (χ0) is 19.6. The number of nitrogen functional groups attached to an aromatic ring is 1. The van der Waals surface area contributed by atoms with Gasteiger partial charge in [-0.2, -0.15) is 5.26 Å². The number of benzene rings is 1. The fourth-order valence-corrected chi connectivity index (χ4v) is 3.44. The number of pyridine rings is 1. The predicted molar refractivity (Wildman–Crippen MR) is 111 cm³/mol. The molecule has 0 saturated carbocycles. The fraction of sp³-hybridized carbons (Fsp3) is 0.182. The molecule has 28 heavy (non-hydrogen) atoms. The molecule has 3 N–H and O–H groups in total. The van der Waals surface area contributed by atoms with E-state index in [4.69, 9.17) is 5.73 Å². The molecule has 1 unspecified atom stereocenters. The third-order valence-corrected chi connectivity index (χ3v) is 5.14. The minimum absolute atomic E-state index is 0.227. The van der Waals surface area contributed by atoms with Crippen LogP contribution in [0.3, 0.4) is 0 Å². The molecular weight excluding hydrogens is 348 g/mol. The third kappa shape index (κ3) is 3.19. The molecular formula is C22H20N6. The van der Waals surface area contributed by atoms with E-state index in [1.54, 1.807) is 18.6 Å². The lowest BCUT2D eigenvalue weighted by Gasteiger charge is -2.33. The van der Waals surface area contributed by atoms with Crippen molar-refractivity contribution in [1.29, 1.82) is 5.26 Å². The Kier molecular flexibility index (Phi) is 4.50. The van der Waals surface area contributed by atoms with E-state index in [1.165, 1.54) is 0 Å². The van der Waals surface area contributed by atoms with Crippen molar-refractivity contribution in [3.63, 3.8) is 0 Å². The summed E-state index contributed by atoms with van der Waals surface area (Å²) in [6, 6.07) is 8.22. The van der Waals surface area contributed by atoms with Crippen molar-refractivity contribution < 1.29 is 0 Å². The number of aromatic nitrogens is 3. The standard InChI is InChI=1S/C22H20N6/c1-2-22(8-4-3-5-9-22)28-20-16(11-23)12-25-19-7-6-15(10-18(19)20)17-13-26-21(24)27-14-17/h3-8,10,12-14H,2,9H2,1H3,(H,25,28)(H2,24,26,27). The van der Waals surface area contributed by atoms with Gasteiger partial charge in [0.2, 0.25) is 5.95 Å². The highest BCUT2D eigenvalue weighted by atomic mass is 15.0. The summed E-state index contributed by atoms with van der Waals surface area (Å²) in [6.07, 6.45) is 15.2. The number of allylic oxidation sites excluding steroid dienone is 2. The molecule has 0 aliphatic heterocycles. The van der Waals surface area contributed by atoms with Crippen molar-refractivity contribution in [2.75, 3.05) is 11.1 Å². The molecule has 0 spiro atoms. The monoisotopic (exact) mass is 368 g/mol. The molecule has 1 aliphatic rings. The minimum Gasteiger partial charge on any atom is -0.374 e. The van der Waals surface area contributed by atoms with Gasteiger partial charge in [0.05, 0.1) is 22.3 Å². The van der Waals surface area contributed by atoms with E-state index in [0.717, 1.165) is 40.6 Å². The van der Waals surface area contributed by atoms with Crippen molar-refractivity contribution in [2.45, 2.75) is 25.3 Å². The van der Waals surface area contributed by atoms with Crippen molar-refractivity contribution in [1.82, 2.24) is 15.0 Å². The van der Waals surface area contributed by atoms with E-state index in [9.17, 15) is 5.26 Å². The maximum absolute atomic E-state index is 9.69. The highest BCUT2D eigenvalue weighted by Gasteiger charge is 2.26. The van der Waals surface area contributed by atoms with E-state index < -0.39 is 0 Å². The lowest BCUT2D eigenvalue weighted by atomic mass is 9.87. The van der Waals surface area contributed by atoms with Crippen LogP contribution in [-0.4, -0.2) is 20.5 Å². The van der Waals surface area contributed by atoms with Gasteiger partial charge in [0.25, 0.3) is 0 Å². The first-order chi connectivity index (χ1) is 13.6. The summed E-state index contributed by atoms with van der Waals surface area (Å²) in [5.74, 6) is 0.238. The smallest absolute Gasteiger partial charge is 0.219 e.